The molecule has 4 nitrogen and oxygen atoms in total. The number of hydrogen-bond donors (Lipinski definition) is 1. The largest absolute Gasteiger partial charge is 0.307 e. The molecule has 4 heteroatoms. The number of rotatable bonds is 5. The van der Waals surface area contributed by atoms with E-state index in [1.165, 1.54) is 31.2 Å². The van der Waals surface area contributed by atoms with Crippen LogP contribution in [0.25, 0.3) is 11.4 Å². The van der Waals surface area contributed by atoms with Crippen molar-refractivity contribution in [3.8, 4) is 11.4 Å². The lowest BCUT2D eigenvalue weighted by Crippen LogP contribution is -2.24. The Bertz CT molecular complexity index is 743. The Morgan fingerprint density at radius 2 is 1.84 bits per heavy atom. The van der Waals surface area contributed by atoms with E-state index in [4.69, 9.17) is 4.98 Å². The molecule has 1 aliphatic rings. The fourth-order valence-electron chi connectivity index (χ4n) is 3.58. The van der Waals surface area contributed by atoms with Crippen molar-refractivity contribution in [1.82, 2.24) is 14.9 Å². The Labute approximate surface area is 150 Å². The third-order valence-electron chi connectivity index (χ3n) is 4.78. The standard InChI is InChI=1S/C21H29N3O/c1-16(2)13-18-14-20(25)23-21(22-18)19-10-6-5-9-17(19)15-24-11-7-3-4-8-12-24/h5-6,9-10,14,16H,3-4,7-8,11-13,15H2,1-2H3,(H,22,23,25). The maximum absolute atomic E-state index is 12.1. The number of aromatic amines is 1. The van der Waals surface area contributed by atoms with E-state index >= 15 is 0 Å². The van der Waals surface area contributed by atoms with E-state index in [1.807, 2.05) is 6.07 Å². The van der Waals surface area contributed by atoms with Crippen LogP contribution in [0.5, 0.6) is 0 Å². The van der Waals surface area contributed by atoms with Crippen molar-refractivity contribution < 1.29 is 0 Å². The molecule has 2 heterocycles. The SMILES string of the molecule is CC(C)Cc1cc(=O)[nH]c(-c2ccccc2CN2CCCCCC2)n1. The van der Waals surface area contributed by atoms with Gasteiger partial charge in [-0.25, -0.2) is 4.98 Å². The number of H-pyrrole nitrogens is 1. The monoisotopic (exact) mass is 339 g/mol. The lowest BCUT2D eigenvalue weighted by Gasteiger charge is -2.21. The summed E-state index contributed by atoms with van der Waals surface area (Å²) in [6.45, 7) is 7.54. The maximum Gasteiger partial charge on any atom is 0.251 e. The average Bonchev–Trinajstić information content (AvgIpc) is 2.83. The molecule has 0 spiro atoms. The van der Waals surface area contributed by atoms with Crippen LogP contribution in [0.3, 0.4) is 0 Å². The highest BCUT2D eigenvalue weighted by Crippen LogP contribution is 2.23. The lowest BCUT2D eigenvalue weighted by atomic mass is 10.0. The van der Waals surface area contributed by atoms with E-state index in [2.05, 4.69) is 41.9 Å². The second-order valence-electron chi connectivity index (χ2n) is 7.53. The maximum atomic E-state index is 12.1. The number of hydrogen-bond acceptors (Lipinski definition) is 3. The van der Waals surface area contributed by atoms with Crippen molar-refractivity contribution >= 4 is 0 Å². The molecule has 0 bridgehead atoms. The number of nitrogens with one attached hydrogen (secondary N) is 1. The fourth-order valence-corrected chi connectivity index (χ4v) is 3.58. The highest BCUT2D eigenvalue weighted by Gasteiger charge is 2.14. The van der Waals surface area contributed by atoms with Crippen molar-refractivity contribution in [3.63, 3.8) is 0 Å². The first-order chi connectivity index (χ1) is 12.1. The molecule has 1 aromatic carbocycles. The summed E-state index contributed by atoms with van der Waals surface area (Å²) in [4.78, 5) is 22.3. The Kier molecular flexibility index (Phi) is 6.03. The summed E-state index contributed by atoms with van der Waals surface area (Å²) in [6, 6.07) is 9.96. The second-order valence-corrected chi connectivity index (χ2v) is 7.53. The fraction of sp³-hybridized carbons (Fsp3) is 0.524. The van der Waals surface area contributed by atoms with Gasteiger partial charge in [-0.3, -0.25) is 9.69 Å². The van der Waals surface area contributed by atoms with Crippen LogP contribution in [0.4, 0.5) is 0 Å². The Hall–Kier alpha value is -1.94. The minimum Gasteiger partial charge on any atom is -0.307 e. The normalized spacial score (nSPS) is 16.1. The zero-order valence-corrected chi connectivity index (χ0v) is 15.4. The van der Waals surface area contributed by atoms with Gasteiger partial charge in [0.25, 0.3) is 5.56 Å². The van der Waals surface area contributed by atoms with Gasteiger partial charge in [-0.1, -0.05) is 51.0 Å². The van der Waals surface area contributed by atoms with E-state index in [1.54, 1.807) is 6.07 Å². The highest BCUT2D eigenvalue weighted by molar-refractivity contribution is 5.60. The summed E-state index contributed by atoms with van der Waals surface area (Å²) in [7, 11) is 0. The molecule has 1 aliphatic heterocycles. The number of aromatic nitrogens is 2. The summed E-state index contributed by atoms with van der Waals surface area (Å²) < 4.78 is 0. The van der Waals surface area contributed by atoms with Gasteiger partial charge in [0.1, 0.15) is 5.82 Å². The molecule has 0 saturated carbocycles. The topological polar surface area (TPSA) is 49.0 Å². The molecule has 0 aliphatic carbocycles. The van der Waals surface area contributed by atoms with Gasteiger partial charge in [-0.15, -0.1) is 0 Å². The Balaban J connectivity index is 1.89. The van der Waals surface area contributed by atoms with E-state index in [9.17, 15) is 4.79 Å². The summed E-state index contributed by atoms with van der Waals surface area (Å²) in [5, 5.41) is 0. The van der Waals surface area contributed by atoms with Crippen LogP contribution in [0.15, 0.2) is 35.1 Å². The van der Waals surface area contributed by atoms with Crippen LogP contribution < -0.4 is 5.56 Å². The van der Waals surface area contributed by atoms with E-state index < -0.39 is 0 Å². The quantitative estimate of drug-likeness (QED) is 0.895. The van der Waals surface area contributed by atoms with Crippen LogP contribution in [-0.4, -0.2) is 28.0 Å². The van der Waals surface area contributed by atoms with Crippen LogP contribution in [0.2, 0.25) is 0 Å². The third kappa shape index (κ3) is 5.02. The van der Waals surface area contributed by atoms with Crippen LogP contribution in [0.1, 0.15) is 50.8 Å². The second kappa shape index (κ2) is 8.43. The van der Waals surface area contributed by atoms with Gasteiger partial charge in [-0.2, -0.15) is 0 Å². The van der Waals surface area contributed by atoms with Gasteiger partial charge in [0, 0.05) is 23.9 Å². The smallest absolute Gasteiger partial charge is 0.251 e. The predicted molar refractivity (Wildman–Crippen MR) is 103 cm³/mol. The van der Waals surface area contributed by atoms with E-state index in [0.29, 0.717) is 11.7 Å². The summed E-state index contributed by atoms with van der Waals surface area (Å²) in [5.74, 6) is 1.18. The van der Waals surface area contributed by atoms with Gasteiger partial charge >= 0.3 is 0 Å². The Morgan fingerprint density at radius 3 is 2.56 bits per heavy atom. The minimum atomic E-state index is -0.0646. The molecule has 0 unspecified atom stereocenters. The van der Waals surface area contributed by atoms with Crippen molar-refractivity contribution in [2.24, 2.45) is 5.92 Å². The van der Waals surface area contributed by atoms with Crippen LogP contribution in [0, 0.1) is 5.92 Å². The van der Waals surface area contributed by atoms with Crippen molar-refractivity contribution in [2.75, 3.05) is 13.1 Å². The zero-order valence-electron chi connectivity index (χ0n) is 15.4. The van der Waals surface area contributed by atoms with Crippen molar-refractivity contribution in [2.45, 2.75) is 52.5 Å². The van der Waals surface area contributed by atoms with Crippen LogP contribution in [-0.2, 0) is 13.0 Å². The molecule has 2 aromatic rings. The molecule has 25 heavy (non-hydrogen) atoms. The summed E-state index contributed by atoms with van der Waals surface area (Å²) in [5.41, 5.74) is 3.10. The summed E-state index contributed by atoms with van der Waals surface area (Å²) in [6.07, 6.45) is 6.06. The first-order valence-electron chi connectivity index (χ1n) is 9.52. The lowest BCUT2D eigenvalue weighted by molar-refractivity contribution is 0.277. The summed E-state index contributed by atoms with van der Waals surface area (Å²) >= 11 is 0. The number of likely N-dealkylation sites (tertiary alicyclic amines) is 1. The van der Waals surface area contributed by atoms with Gasteiger partial charge in [0.2, 0.25) is 0 Å². The minimum absolute atomic E-state index is 0.0646. The molecule has 134 valence electrons. The van der Waals surface area contributed by atoms with Gasteiger partial charge in [-0.05, 0) is 43.8 Å². The van der Waals surface area contributed by atoms with Gasteiger partial charge in [0.05, 0.1) is 0 Å². The molecule has 0 radical (unpaired) electrons. The molecule has 1 aromatic heterocycles. The predicted octanol–water partition coefficient (Wildman–Crippen LogP) is 4.01. The number of benzene rings is 1. The molecule has 0 amide bonds. The first kappa shape index (κ1) is 17.9. The molecule has 3 rings (SSSR count). The van der Waals surface area contributed by atoms with Gasteiger partial charge < -0.3 is 4.98 Å². The average molecular weight is 339 g/mol. The van der Waals surface area contributed by atoms with Gasteiger partial charge in [0.15, 0.2) is 0 Å². The zero-order chi connectivity index (χ0) is 17.6. The Morgan fingerprint density at radius 1 is 1.12 bits per heavy atom. The number of nitrogens with zero attached hydrogens (tertiary/aromatic N) is 2. The van der Waals surface area contributed by atoms with Crippen molar-refractivity contribution in [3.05, 3.63) is 51.9 Å². The molecule has 0 atom stereocenters. The molecule has 1 N–H and O–H groups in total. The van der Waals surface area contributed by atoms with Crippen molar-refractivity contribution in [1.29, 1.82) is 0 Å². The molecular weight excluding hydrogens is 310 g/mol. The van der Waals surface area contributed by atoms with Crippen LogP contribution >= 0.6 is 0 Å². The molecular formula is C21H29N3O. The first-order valence-corrected chi connectivity index (χ1v) is 9.52. The third-order valence-corrected chi connectivity index (χ3v) is 4.78. The molecule has 1 saturated heterocycles. The van der Waals surface area contributed by atoms with E-state index in [0.717, 1.165) is 37.3 Å². The molecule has 1 fully saturated rings. The van der Waals surface area contributed by atoms with E-state index in [-0.39, 0.29) is 5.56 Å². The highest BCUT2D eigenvalue weighted by atomic mass is 16.1.